The number of amidine groups is 1. The molecule has 3 rings (SSSR count). The number of benzene rings is 1. The summed E-state index contributed by atoms with van der Waals surface area (Å²) in [5.41, 5.74) is 8.76. The normalized spacial score (nSPS) is 16.6. The van der Waals surface area contributed by atoms with Gasteiger partial charge in [0.25, 0.3) is 0 Å². The molecule has 1 aliphatic rings. The fourth-order valence-electron chi connectivity index (χ4n) is 3.14. The molecule has 0 radical (unpaired) electrons. The van der Waals surface area contributed by atoms with Gasteiger partial charge < -0.3 is 5.73 Å². The SMILES string of the molecule is N#Cc1cccc(-c2cc3c(s2)CCCC3CCSC(=N)N)c1. The average molecular weight is 342 g/mol. The molecule has 1 aromatic carbocycles. The van der Waals surface area contributed by atoms with Crippen molar-refractivity contribution in [2.45, 2.75) is 31.6 Å². The van der Waals surface area contributed by atoms with E-state index in [1.807, 2.05) is 29.5 Å². The van der Waals surface area contributed by atoms with Gasteiger partial charge in [-0.25, -0.2) is 0 Å². The highest BCUT2D eigenvalue weighted by Crippen LogP contribution is 2.42. The molecule has 0 aliphatic heterocycles. The summed E-state index contributed by atoms with van der Waals surface area (Å²) < 4.78 is 0. The molecule has 3 nitrogen and oxygen atoms in total. The lowest BCUT2D eigenvalue weighted by atomic mass is 9.85. The zero-order chi connectivity index (χ0) is 16.2. The summed E-state index contributed by atoms with van der Waals surface area (Å²) in [5, 5.41) is 16.6. The van der Waals surface area contributed by atoms with Crippen LogP contribution in [0.4, 0.5) is 0 Å². The van der Waals surface area contributed by atoms with Crippen molar-refractivity contribution in [2.24, 2.45) is 5.73 Å². The summed E-state index contributed by atoms with van der Waals surface area (Å²) in [6.45, 7) is 0. The van der Waals surface area contributed by atoms with Crippen LogP contribution in [0.5, 0.6) is 0 Å². The van der Waals surface area contributed by atoms with Crippen molar-refractivity contribution in [3.8, 4) is 16.5 Å². The van der Waals surface area contributed by atoms with Gasteiger partial charge in [-0.15, -0.1) is 11.3 Å². The number of hydrogen-bond acceptors (Lipinski definition) is 4. The Morgan fingerprint density at radius 3 is 3.09 bits per heavy atom. The number of fused-ring (bicyclic) bond motifs is 1. The Morgan fingerprint density at radius 2 is 2.30 bits per heavy atom. The largest absolute Gasteiger partial charge is 0.379 e. The number of thiophene rings is 1. The van der Waals surface area contributed by atoms with E-state index >= 15 is 0 Å². The van der Waals surface area contributed by atoms with Crippen molar-refractivity contribution >= 4 is 28.3 Å². The number of nitrogens with zero attached hydrogens (tertiary/aromatic N) is 1. The third-order valence-electron chi connectivity index (χ3n) is 4.24. The van der Waals surface area contributed by atoms with E-state index in [-0.39, 0.29) is 5.17 Å². The molecule has 0 spiro atoms. The van der Waals surface area contributed by atoms with Gasteiger partial charge in [-0.3, -0.25) is 5.41 Å². The third kappa shape index (κ3) is 3.77. The molecule has 1 aliphatic carbocycles. The number of aryl methyl sites for hydroxylation is 1. The van der Waals surface area contributed by atoms with Gasteiger partial charge in [0.1, 0.15) is 0 Å². The minimum atomic E-state index is 0.209. The zero-order valence-electron chi connectivity index (χ0n) is 12.8. The molecule has 1 atom stereocenters. The van der Waals surface area contributed by atoms with Gasteiger partial charge in [0, 0.05) is 15.5 Å². The summed E-state index contributed by atoms with van der Waals surface area (Å²) in [6.07, 6.45) is 4.69. The van der Waals surface area contributed by atoms with Crippen LogP contribution in [-0.2, 0) is 6.42 Å². The van der Waals surface area contributed by atoms with Crippen LogP contribution in [0.25, 0.3) is 10.4 Å². The number of rotatable bonds is 4. The number of nitrogens with one attached hydrogen (secondary N) is 1. The van der Waals surface area contributed by atoms with Crippen molar-refractivity contribution in [3.63, 3.8) is 0 Å². The molecule has 1 aromatic heterocycles. The Hall–Kier alpha value is -1.77. The van der Waals surface area contributed by atoms with Crippen LogP contribution < -0.4 is 5.73 Å². The Labute approximate surface area is 145 Å². The molecule has 23 heavy (non-hydrogen) atoms. The maximum atomic E-state index is 9.08. The highest BCUT2D eigenvalue weighted by atomic mass is 32.2. The van der Waals surface area contributed by atoms with Gasteiger partial charge in [0.2, 0.25) is 0 Å². The Kier molecular flexibility index (Phi) is 5.04. The summed E-state index contributed by atoms with van der Waals surface area (Å²) >= 11 is 3.30. The molecule has 0 bridgehead atoms. The number of hydrogen-bond donors (Lipinski definition) is 2. The second kappa shape index (κ2) is 7.20. The lowest BCUT2D eigenvalue weighted by Crippen LogP contribution is -2.10. The highest BCUT2D eigenvalue weighted by molar-refractivity contribution is 8.13. The van der Waals surface area contributed by atoms with Crippen molar-refractivity contribution < 1.29 is 0 Å². The summed E-state index contributed by atoms with van der Waals surface area (Å²) in [4.78, 5) is 2.75. The Bertz CT molecular complexity index is 758. The van der Waals surface area contributed by atoms with Crippen LogP contribution in [0.2, 0.25) is 0 Å². The van der Waals surface area contributed by atoms with Gasteiger partial charge in [0.05, 0.1) is 11.6 Å². The second-order valence-corrected chi connectivity index (χ2v) is 8.05. The van der Waals surface area contributed by atoms with Crippen molar-refractivity contribution in [1.82, 2.24) is 0 Å². The molecule has 118 valence electrons. The molecule has 3 N–H and O–H groups in total. The topological polar surface area (TPSA) is 73.7 Å². The van der Waals surface area contributed by atoms with E-state index in [4.69, 9.17) is 16.4 Å². The van der Waals surface area contributed by atoms with E-state index in [9.17, 15) is 0 Å². The van der Waals surface area contributed by atoms with E-state index in [2.05, 4.69) is 18.2 Å². The maximum Gasteiger partial charge on any atom is 0.151 e. The molecular formula is C18H19N3S2. The fourth-order valence-corrected chi connectivity index (χ4v) is 5.05. The van der Waals surface area contributed by atoms with E-state index in [1.165, 1.54) is 39.9 Å². The molecule has 0 saturated heterocycles. The summed E-state index contributed by atoms with van der Waals surface area (Å²) in [5.74, 6) is 1.49. The molecule has 1 heterocycles. The Morgan fingerprint density at radius 1 is 1.43 bits per heavy atom. The lowest BCUT2D eigenvalue weighted by Gasteiger charge is -2.22. The molecule has 0 fully saturated rings. The van der Waals surface area contributed by atoms with Crippen LogP contribution in [0.15, 0.2) is 30.3 Å². The van der Waals surface area contributed by atoms with Crippen LogP contribution >= 0.6 is 23.1 Å². The standard InChI is InChI=1S/C18H19N3S2/c19-11-12-3-1-5-14(9-12)17-10-15-13(7-8-22-18(20)21)4-2-6-16(15)23-17/h1,3,5,9-10,13H,2,4,6-8H2,(H3,20,21). The molecule has 5 heteroatoms. The second-order valence-electron chi connectivity index (χ2n) is 5.77. The minimum Gasteiger partial charge on any atom is -0.379 e. The summed E-state index contributed by atoms with van der Waals surface area (Å²) in [7, 11) is 0. The first-order valence-electron chi connectivity index (χ1n) is 7.77. The molecule has 0 amide bonds. The Balaban J connectivity index is 1.82. The van der Waals surface area contributed by atoms with Gasteiger partial charge in [-0.1, -0.05) is 23.9 Å². The first-order valence-corrected chi connectivity index (χ1v) is 9.57. The van der Waals surface area contributed by atoms with Gasteiger partial charge in [0.15, 0.2) is 5.17 Å². The van der Waals surface area contributed by atoms with E-state index in [1.54, 1.807) is 0 Å². The fraction of sp³-hybridized carbons (Fsp3) is 0.333. The van der Waals surface area contributed by atoms with Gasteiger partial charge >= 0.3 is 0 Å². The molecule has 1 unspecified atom stereocenters. The van der Waals surface area contributed by atoms with Crippen LogP contribution in [0.1, 0.15) is 41.2 Å². The van der Waals surface area contributed by atoms with Crippen molar-refractivity contribution in [1.29, 1.82) is 10.7 Å². The average Bonchev–Trinajstić information content (AvgIpc) is 3.00. The van der Waals surface area contributed by atoms with E-state index in [0.29, 0.717) is 11.5 Å². The van der Waals surface area contributed by atoms with Crippen LogP contribution in [0.3, 0.4) is 0 Å². The minimum absolute atomic E-state index is 0.209. The lowest BCUT2D eigenvalue weighted by molar-refractivity contribution is 0.550. The summed E-state index contributed by atoms with van der Waals surface area (Å²) in [6, 6.07) is 12.4. The highest BCUT2D eigenvalue weighted by Gasteiger charge is 2.23. The quantitative estimate of drug-likeness (QED) is 0.624. The van der Waals surface area contributed by atoms with Crippen molar-refractivity contribution in [2.75, 3.05) is 5.75 Å². The predicted octanol–water partition coefficient (Wildman–Crippen LogP) is 4.72. The molecular weight excluding hydrogens is 322 g/mol. The zero-order valence-corrected chi connectivity index (χ0v) is 14.5. The van der Waals surface area contributed by atoms with Gasteiger partial charge in [-0.2, -0.15) is 5.26 Å². The molecule has 0 saturated carbocycles. The van der Waals surface area contributed by atoms with Crippen LogP contribution in [0, 0.1) is 16.7 Å². The first kappa shape index (κ1) is 16.1. The first-order chi connectivity index (χ1) is 11.2. The van der Waals surface area contributed by atoms with Crippen LogP contribution in [-0.4, -0.2) is 10.9 Å². The predicted molar refractivity (Wildman–Crippen MR) is 99.1 cm³/mol. The number of thioether (sulfide) groups is 1. The van der Waals surface area contributed by atoms with Gasteiger partial charge in [-0.05, 0) is 60.9 Å². The van der Waals surface area contributed by atoms with E-state index < -0.39 is 0 Å². The van der Waals surface area contributed by atoms with E-state index in [0.717, 1.165) is 24.2 Å². The number of nitriles is 1. The van der Waals surface area contributed by atoms with Crippen molar-refractivity contribution in [3.05, 3.63) is 46.3 Å². The smallest absolute Gasteiger partial charge is 0.151 e. The monoisotopic (exact) mass is 341 g/mol. The maximum absolute atomic E-state index is 9.08. The molecule has 2 aromatic rings. The number of nitrogens with two attached hydrogens (primary N) is 1. The third-order valence-corrected chi connectivity index (χ3v) is 6.25.